The van der Waals surface area contributed by atoms with Gasteiger partial charge in [0.1, 0.15) is 6.17 Å². The lowest BCUT2D eigenvalue weighted by Gasteiger charge is -2.20. The van der Waals surface area contributed by atoms with Gasteiger partial charge in [0, 0.05) is 37.5 Å². The predicted octanol–water partition coefficient (Wildman–Crippen LogP) is 4.92. The second-order valence-electron chi connectivity index (χ2n) is 10.9. The normalized spacial score (nSPS) is 22.2. The van der Waals surface area contributed by atoms with Gasteiger partial charge in [-0.25, -0.2) is 4.39 Å². The van der Waals surface area contributed by atoms with Gasteiger partial charge in [-0.1, -0.05) is 0 Å². The van der Waals surface area contributed by atoms with Gasteiger partial charge >= 0.3 is 0 Å². The Hall–Kier alpha value is -4.15. The summed E-state index contributed by atoms with van der Waals surface area (Å²) in [7, 11) is 3.09. The molecule has 2 saturated heterocycles. The van der Waals surface area contributed by atoms with Crippen LogP contribution >= 0.6 is 0 Å². The molecule has 3 atom stereocenters. The fourth-order valence-electron chi connectivity index (χ4n) is 5.97. The third kappa shape index (κ3) is 5.39. The molecule has 2 aromatic carbocycles. The molecule has 0 N–H and O–H groups in total. The van der Waals surface area contributed by atoms with Crippen molar-refractivity contribution in [1.82, 2.24) is 9.80 Å². The number of nitrogens with zero attached hydrogens (tertiary/aromatic N) is 4. The number of carbonyl (C=O) groups is 2. The maximum atomic E-state index is 13.9. The molecule has 0 saturated carbocycles. The molecule has 2 amide bonds. The first kappa shape index (κ1) is 28.0. The van der Waals surface area contributed by atoms with Crippen molar-refractivity contribution in [2.75, 3.05) is 40.5 Å². The minimum Gasteiger partial charge on any atom is -0.493 e. The zero-order chi connectivity index (χ0) is 29.2. The highest BCUT2D eigenvalue weighted by molar-refractivity contribution is 6.04. The van der Waals surface area contributed by atoms with Crippen LogP contribution in [0.1, 0.15) is 59.2 Å². The van der Waals surface area contributed by atoms with E-state index in [-0.39, 0.29) is 36.9 Å². The molecule has 10 nitrogen and oxygen atoms in total. The van der Waals surface area contributed by atoms with Crippen LogP contribution < -0.4 is 18.9 Å². The Morgan fingerprint density at radius 2 is 1.36 bits per heavy atom. The first-order valence-corrected chi connectivity index (χ1v) is 14.5. The van der Waals surface area contributed by atoms with Crippen LogP contribution in [0.25, 0.3) is 0 Å². The van der Waals surface area contributed by atoms with Crippen LogP contribution in [0.15, 0.2) is 34.3 Å². The highest BCUT2D eigenvalue weighted by Crippen LogP contribution is 2.39. The molecule has 0 aromatic heterocycles. The summed E-state index contributed by atoms with van der Waals surface area (Å²) in [6, 6.07) is 6.56. The Morgan fingerprint density at radius 1 is 0.786 bits per heavy atom. The molecule has 0 radical (unpaired) electrons. The van der Waals surface area contributed by atoms with Crippen LogP contribution in [0.2, 0.25) is 0 Å². The van der Waals surface area contributed by atoms with E-state index in [0.29, 0.717) is 58.7 Å². The number of methoxy groups -OCH3 is 2. The summed E-state index contributed by atoms with van der Waals surface area (Å²) in [5.74, 6) is 1.75. The van der Waals surface area contributed by atoms with Gasteiger partial charge < -0.3 is 28.7 Å². The SMILES string of the molecule is COc1cc2c(cc1OCCCCCOc1cc3c(cc1OC)C(=O)N1CCC[C@H]1C=N3)N=CC1CC(F)CN1C2=O. The Labute approximate surface area is 244 Å². The number of hydrogen-bond donors (Lipinski definition) is 0. The van der Waals surface area contributed by atoms with Crippen molar-refractivity contribution < 1.29 is 32.9 Å². The van der Waals surface area contributed by atoms with E-state index in [0.717, 1.165) is 38.6 Å². The third-order valence-corrected chi connectivity index (χ3v) is 8.21. The Balaban J connectivity index is 1.02. The van der Waals surface area contributed by atoms with Gasteiger partial charge in [-0.2, -0.15) is 0 Å². The topological polar surface area (TPSA) is 102 Å². The molecule has 2 fully saturated rings. The van der Waals surface area contributed by atoms with Crippen LogP contribution in [-0.2, 0) is 0 Å². The molecule has 222 valence electrons. The maximum Gasteiger partial charge on any atom is 0.256 e. The lowest BCUT2D eigenvalue weighted by atomic mass is 10.1. The summed E-state index contributed by atoms with van der Waals surface area (Å²) < 4.78 is 36.9. The highest BCUT2D eigenvalue weighted by Gasteiger charge is 2.38. The molecule has 0 spiro atoms. The molecule has 0 aliphatic carbocycles. The number of amides is 2. The lowest BCUT2D eigenvalue weighted by molar-refractivity contribution is 0.0761. The molecule has 11 heteroatoms. The number of ether oxygens (including phenoxy) is 4. The second-order valence-corrected chi connectivity index (χ2v) is 10.9. The van der Waals surface area contributed by atoms with E-state index in [1.807, 2.05) is 11.1 Å². The minimum absolute atomic E-state index is 0.0189. The highest BCUT2D eigenvalue weighted by atomic mass is 19.1. The largest absolute Gasteiger partial charge is 0.493 e. The smallest absolute Gasteiger partial charge is 0.256 e. The zero-order valence-electron chi connectivity index (χ0n) is 23.9. The Morgan fingerprint density at radius 3 is 1.95 bits per heavy atom. The first-order chi connectivity index (χ1) is 20.5. The van der Waals surface area contributed by atoms with Crippen LogP contribution in [0.3, 0.4) is 0 Å². The second kappa shape index (κ2) is 12.0. The quantitative estimate of drug-likeness (QED) is 0.371. The molecule has 0 bridgehead atoms. The molecule has 42 heavy (non-hydrogen) atoms. The summed E-state index contributed by atoms with van der Waals surface area (Å²) in [6.45, 7) is 1.73. The van der Waals surface area contributed by atoms with Crippen molar-refractivity contribution in [1.29, 1.82) is 0 Å². The van der Waals surface area contributed by atoms with Crippen molar-refractivity contribution in [3.63, 3.8) is 0 Å². The number of halogens is 1. The number of aliphatic imine (C=N–C) groups is 2. The van der Waals surface area contributed by atoms with E-state index in [2.05, 4.69) is 9.98 Å². The summed E-state index contributed by atoms with van der Waals surface area (Å²) >= 11 is 0. The van der Waals surface area contributed by atoms with Crippen LogP contribution in [0.4, 0.5) is 15.8 Å². The van der Waals surface area contributed by atoms with Crippen LogP contribution in [0, 0.1) is 0 Å². The molecule has 6 rings (SSSR count). The van der Waals surface area contributed by atoms with Crippen LogP contribution in [0.5, 0.6) is 23.0 Å². The minimum atomic E-state index is -1.04. The Bertz CT molecular complexity index is 1430. The van der Waals surface area contributed by atoms with E-state index in [1.165, 1.54) is 12.0 Å². The predicted molar refractivity (Wildman–Crippen MR) is 156 cm³/mol. The molecular weight excluding hydrogens is 543 g/mol. The number of benzene rings is 2. The lowest BCUT2D eigenvalue weighted by Crippen LogP contribution is -2.35. The van der Waals surface area contributed by atoms with Crippen LogP contribution in [-0.4, -0.2) is 92.8 Å². The van der Waals surface area contributed by atoms with E-state index in [9.17, 15) is 14.0 Å². The fourth-order valence-corrected chi connectivity index (χ4v) is 5.97. The summed E-state index contributed by atoms with van der Waals surface area (Å²) in [6.07, 6.45) is 7.06. The number of carbonyl (C=O) groups excluding carboxylic acids is 2. The standard InChI is InChI=1S/C31H35FN4O6/c1-39-26-12-22-24(33-16-20-7-6-8-35(20)30(22)37)14-28(26)41-9-4-3-5-10-42-29-15-25-23(13-27(29)40-2)31(38)36-18-19(32)11-21(36)17-34-25/h12-17,19-21H,3-11,18H2,1-2H3/t19?,20-,21?/m0/s1. The monoisotopic (exact) mass is 578 g/mol. The van der Waals surface area contributed by atoms with E-state index >= 15 is 0 Å². The van der Waals surface area contributed by atoms with E-state index in [1.54, 1.807) is 37.6 Å². The van der Waals surface area contributed by atoms with E-state index < -0.39 is 6.17 Å². The molecule has 4 heterocycles. The number of fused-ring (bicyclic) bond motifs is 4. The Kier molecular flexibility index (Phi) is 7.99. The first-order valence-electron chi connectivity index (χ1n) is 14.5. The van der Waals surface area contributed by atoms with Gasteiger partial charge in [-0.05, 0) is 44.2 Å². The average Bonchev–Trinajstić information content (AvgIpc) is 3.57. The third-order valence-electron chi connectivity index (χ3n) is 8.21. The van der Waals surface area contributed by atoms with Crippen molar-refractivity contribution in [3.05, 3.63) is 35.4 Å². The van der Waals surface area contributed by atoms with Gasteiger partial charge in [-0.3, -0.25) is 19.6 Å². The van der Waals surface area contributed by atoms with Gasteiger partial charge in [0.2, 0.25) is 0 Å². The summed E-state index contributed by atoms with van der Waals surface area (Å²) in [5, 5.41) is 0. The number of rotatable bonds is 10. The molecule has 2 unspecified atom stereocenters. The van der Waals surface area contributed by atoms with Gasteiger partial charge in [0.05, 0.1) is 68.6 Å². The van der Waals surface area contributed by atoms with Gasteiger partial charge in [-0.15, -0.1) is 0 Å². The molecular formula is C31H35FN4O6. The van der Waals surface area contributed by atoms with Crippen molar-refractivity contribution in [3.8, 4) is 23.0 Å². The molecule has 4 aliphatic heterocycles. The zero-order valence-corrected chi connectivity index (χ0v) is 23.9. The number of unbranched alkanes of at least 4 members (excludes halogenated alkanes) is 2. The summed E-state index contributed by atoms with van der Waals surface area (Å²) in [5.41, 5.74) is 2.02. The maximum absolute atomic E-state index is 13.9. The van der Waals surface area contributed by atoms with Crippen molar-refractivity contribution in [2.45, 2.75) is 56.8 Å². The molecule has 4 aliphatic rings. The summed E-state index contributed by atoms with van der Waals surface area (Å²) in [4.78, 5) is 38.5. The number of alkyl halides is 1. The van der Waals surface area contributed by atoms with Crippen molar-refractivity contribution in [2.24, 2.45) is 9.98 Å². The van der Waals surface area contributed by atoms with Gasteiger partial charge in [0.25, 0.3) is 11.8 Å². The fraction of sp³-hybridized carbons (Fsp3) is 0.484. The molecule has 2 aromatic rings. The van der Waals surface area contributed by atoms with Gasteiger partial charge in [0.15, 0.2) is 23.0 Å². The number of hydrogen-bond acceptors (Lipinski definition) is 8. The average molecular weight is 579 g/mol. The van der Waals surface area contributed by atoms with Crippen molar-refractivity contribution >= 4 is 35.6 Å². The van der Waals surface area contributed by atoms with E-state index in [4.69, 9.17) is 18.9 Å².